The lowest BCUT2D eigenvalue weighted by Crippen LogP contribution is -2.27. The molecule has 1 aliphatic rings. The van der Waals surface area contributed by atoms with Crippen LogP contribution in [0.2, 0.25) is 0 Å². The zero-order valence-corrected chi connectivity index (χ0v) is 16.3. The quantitative estimate of drug-likeness (QED) is 0.801. The van der Waals surface area contributed by atoms with Crippen molar-refractivity contribution in [3.8, 4) is 5.88 Å². The van der Waals surface area contributed by atoms with E-state index in [1.807, 2.05) is 12.3 Å². The smallest absolute Gasteiger partial charge is 0.223 e. The zero-order valence-electron chi connectivity index (χ0n) is 15.4. The van der Waals surface area contributed by atoms with Gasteiger partial charge in [-0.15, -0.1) is 11.3 Å². The van der Waals surface area contributed by atoms with Gasteiger partial charge in [0.1, 0.15) is 12.4 Å². The molecule has 0 spiro atoms. The number of aromatic nitrogens is 3. The van der Waals surface area contributed by atoms with Crippen molar-refractivity contribution in [2.45, 2.75) is 58.7 Å². The van der Waals surface area contributed by atoms with E-state index in [0.29, 0.717) is 17.1 Å². The number of nitrogens with one attached hydrogen (secondary N) is 1. The van der Waals surface area contributed by atoms with Crippen molar-refractivity contribution < 1.29 is 9.53 Å². The normalized spacial score (nSPS) is 20.3. The third kappa shape index (κ3) is 4.98. The maximum absolute atomic E-state index is 11.1. The SMILES string of the molecule is CCCc1cc(O[C@@H]2C[C@H](C)N(Cc3cnc(NC(C)=O)s3)C2)ncn1. The fraction of sp³-hybridized carbons (Fsp3) is 0.556. The van der Waals surface area contributed by atoms with Gasteiger partial charge in [0.05, 0.1) is 0 Å². The molecule has 0 bridgehead atoms. The molecule has 140 valence electrons. The number of thiazole rings is 1. The van der Waals surface area contributed by atoms with Gasteiger partial charge in [-0.1, -0.05) is 13.3 Å². The van der Waals surface area contributed by atoms with E-state index >= 15 is 0 Å². The Hall–Kier alpha value is -2.06. The number of aryl methyl sites for hydroxylation is 1. The van der Waals surface area contributed by atoms with E-state index in [4.69, 9.17) is 4.74 Å². The van der Waals surface area contributed by atoms with Crippen LogP contribution < -0.4 is 10.1 Å². The van der Waals surface area contributed by atoms with Crippen molar-refractivity contribution >= 4 is 22.4 Å². The Morgan fingerprint density at radius 2 is 2.27 bits per heavy atom. The van der Waals surface area contributed by atoms with Gasteiger partial charge in [0.2, 0.25) is 11.8 Å². The third-order valence-electron chi connectivity index (χ3n) is 4.35. The maximum atomic E-state index is 11.1. The van der Waals surface area contributed by atoms with Crippen molar-refractivity contribution in [1.29, 1.82) is 0 Å². The van der Waals surface area contributed by atoms with Gasteiger partial charge in [-0.3, -0.25) is 9.69 Å². The number of rotatable bonds is 7. The minimum atomic E-state index is -0.0961. The maximum Gasteiger partial charge on any atom is 0.223 e. The summed E-state index contributed by atoms with van der Waals surface area (Å²) in [6.45, 7) is 7.49. The van der Waals surface area contributed by atoms with Crippen molar-refractivity contribution in [1.82, 2.24) is 19.9 Å². The lowest BCUT2D eigenvalue weighted by molar-refractivity contribution is -0.114. The molecule has 0 aromatic carbocycles. The van der Waals surface area contributed by atoms with Gasteiger partial charge in [0, 0.05) is 55.3 Å². The molecule has 0 unspecified atom stereocenters. The van der Waals surface area contributed by atoms with Crippen molar-refractivity contribution in [3.63, 3.8) is 0 Å². The molecule has 26 heavy (non-hydrogen) atoms. The molecule has 0 radical (unpaired) electrons. The van der Waals surface area contributed by atoms with Crippen molar-refractivity contribution in [3.05, 3.63) is 29.2 Å². The van der Waals surface area contributed by atoms with E-state index < -0.39 is 0 Å². The highest BCUT2D eigenvalue weighted by atomic mass is 32.1. The van der Waals surface area contributed by atoms with E-state index in [9.17, 15) is 4.79 Å². The summed E-state index contributed by atoms with van der Waals surface area (Å²) in [6, 6.07) is 2.36. The van der Waals surface area contributed by atoms with E-state index in [2.05, 4.69) is 39.0 Å². The van der Waals surface area contributed by atoms with Crippen molar-refractivity contribution in [2.75, 3.05) is 11.9 Å². The number of nitrogens with zero attached hydrogens (tertiary/aromatic N) is 4. The predicted octanol–water partition coefficient (Wildman–Crippen LogP) is 2.89. The molecule has 1 saturated heterocycles. The molecule has 8 heteroatoms. The Morgan fingerprint density at radius 3 is 3.04 bits per heavy atom. The van der Waals surface area contributed by atoms with Crippen LogP contribution in [0.25, 0.3) is 0 Å². The van der Waals surface area contributed by atoms with E-state index in [0.717, 1.165) is 42.9 Å². The number of carbonyl (C=O) groups excluding carboxylic acids is 1. The summed E-state index contributed by atoms with van der Waals surface area (Å²) in [6.07, 6.45) is 6.49. The second-order valence-electron chi connectivity index (χ2n) is 6.66. The summed E-state index contributed by atoms with van der Waals surface area (Å²) in [7, 11) is 0. The molecule has 1 aliphatic heterocycles. The second-order valence-corrected chi connectivity index (χ2v) is 7.78. The molecule has 2 aromatic rings. The number of likely N-dealkylation sites (tertiary alicyclic amines) is 1. The van der Waals surface area contributed by atoms with Gasteiger partial charge in [-0.2, -0.15) is 0 Å². The summed E-state index contributed by atoms with van der Waals surface area (Å²) in [5.41, 5.74) is 1.02. The minimum absolute atomic E-state index is 0.0961. The summed E-state index contributed by atoms with van der Waals surface area (Å²) in [5, 5.41) is 3.38. The fourth-order valence-electron chi connectivity index (χ4n) is 3.15. The molecule has 2 aromatic heterocycles. The first-order chi connectivity index (χ1) is 12.5. The van der Waals surface area contributed by atoms with Crippen LogP contribution in [0.3, 0.4) is 0 Å². The molecule has 7 nitrogen and oxygen atoms in total. The highest BCUT2D eigenvalue weighted by molar-refractivity contribution is 7.15. The summed E-state index contributed by atoms with van der Waals surface area (Å²) < 4.78 is 6.10. The van der Waals surface area contributed by atoms with E-state index in [1.54, 1.807) is 6.33 Å². The number of hydrogen-bond acceptors (Lipinski definition) is 7. The Balaban J connectivity index is 1.56. The largest absolute Gasteiger partial charge is 0.473 e. The molecule has 0 saturated carbocycles. The van der Waals surface area contributed by atoms with Gasteiger partial charge >= 0.3 is 0 Å². The molecule has 3 rings (SSSR count). The van der Waals surface area contributed by atoms with Crippen LogP contribution in [-0.4, -0.2) is 44.4 Å². The monoisotopic (exact) mass is 375 g/mol. The topological polar surface area (TPSA) is 80.2 Å². The summed E-state index contributed by atoms with van der Waals surface area (Å²) in [5.74, 6) is 0.564. The first-order valence-electron chi connectivity index (χ1n) is 8.97. The second kappa shape index (κ2) is 8.55. The lowest BCUT2D eigenvalue weighted by atomic mass is 10.2. The molecule has 3 heterocycles. The van der Waals surface area contributed by atoms with Gasteiger partial charge in [0.25, 0.3) is 0 Å². The number of amides is 1. The first-order valence-corrected chi connectivity index (χ1v) is 9.79. The minimum Gasteiger partial charge on any atom is -0.473 e. The number of ether oxygens (including phenoxy) is 1. The Labute approximate surface area is 157 Å². The molecule has 2 atom stereocenters. The van der Waals surface area contributed by atoms with Gasteiger partial charge in [-0.25, -0.2) is 15.0 Å². The Bertz CT molecular complexity index is 751. The summed E-state index contributed by atoms with van der Waals surface area (Å²) >= 11 is 1.52. The van der Waals surface area contributed by atoms with Crippen LogP contribution >= 0.6 is 11.3 Å². The lowest BCUT2D eigenvalue weighted by Gasteiger charge is -2.19. The molecule has 1 fully saturated rings. The first kappa shape index (κ1) is 18.7. The number of hydrogen-bond donors (Lipinski definition) is 1. The molecule has 1 N–H and O–H groups in total. The molecule has 0 aliphatic carbocycles. The summed E-state index contributed by atoms with van der Waals surface area (Å²) in [4.78, 5) is 27.4. The zero-order chi connectivity index (χ0) is 18.5. The van der Waals surface area contributed by atoms with Gasteiger partial charge < -0.3 is 10.1 Å². The fourth-order valence-corrected chi connectivity index (χ4v) is 4.03. The van der Waals surface area contributed by atoms with E-state index in [1.165, 1.54) is 18.3 Å². The predicted molar refractivity (Wildman–Crippen MR) is 101 cm³/mol. The average Bonchev–Trinajstić information content (AvgIpc) is 3.14. The van der Waals surface area contributed by atoms with Crippen LogP contribution in [-0.2, 0) is 17.8 Å². The average molecular weight is 375 g/mol. The molecular weight excluding hydrogens is 350 g/mol. The van der Waals surface area contributed by atoms with Crippen LogP contribution in [0.15, 0.2) is 18.6 Å². The molecule has 1 amide bonds. The number of anilines is 1. The van der Waals surface area contributed by atoms with Crippen LogP contribution in [0.5, 0.6) is 5.88 Å². The molecular formula is C18H25N5O2S. The highest BCUT2D eigenvalue weighted by Gasteiger charge is 2.31. The van der Waals surface area contributed by atoms with Crippen LogP contribution in [0.1, 0.15) is 44.2 Å². The van der Waals surface area contributed by atoms with Gasteiger partial charge in [-0.05, 0) is 13.3 Å². The standard InChI is InChI=1S/C18H25N5O2S/c1-4-5-14-7-17(21-11-20-14)25-15-6-12(2)23(9-15)10-16-8-19-18(26-16)22-13(3)24/h7-8,11-12,15H,4-6,9-10H2,1-3H3,(H,19,22,24)/t12-,15+/m0/s1. The van der Waals surface area contributed by atoms with Crippen molar-refractivity contribution in [2.24, 2.45) is 0 Å². The Kier molecular flexibility index (Phi) is 6.16. The highest BCUT2D eigenvalue weighted by Crippen LogP contribution is 2.26. The van der Waals surface area contributed by atoms with Crippen LogP contribution in [0, 0.1) is 0 Å². The van der Waals surface area contributed by atoms with E-state index in [-0.39, 0.29) is 12.0 Å². The Morgan fingerprint density at radius 1 is 1.42 bits per heavy atom. The number of carbonyl (C=O) groups is 1. The third-order valence-corrected chi connectivity index (χ3v) is 5.25. The van der Waals surface area contributed by atoms with Gasteiger partial charge in [0.15, 0.2) is 5.13 Å². The van der Waals surface area contributed by atoms with Crippen LogP contribution in [0.4, 0.5) is 5.13 Å².